The molecule has 0 radical (unpaired) electrons. The van der Waals surface area contributed by atoms with Crippen LogP contribution in [0.15, 0.2) is 29.4 Å². The smallest absolute Gasteiger partial charge is 0.327 e. The third-order valence-electron chi connectivity index (χ3n) is 2.77. The van der Waals surface area contributed by atoms with Gasteiger partial charge in [0, 0.05) is 21.1 Å². The van der Waals surface area contributed by atoms with Crippen molar-refractivity contribution in [2.45, 2.75) is 5.16 Å². The van der Waals surface area contributed by atoms with Gasteiger partial charge in [0.15, 0.2) is 5.16 Å². The molecule has 2 aromatic rings. The molecule has 0 fully saturated rings. The highest BCUT2D eigenvalue weighted by Gasteiger charge is 2.17. The number of rotatable bonds is 3. The number of amides is 2. The Morgan fingerprint density at radius 2 is 2.05 bits per heavy atom. The molecule has 0 saturated heterocycles. The number of nitrogens with one attached hydrogen (secondary N) is 1. The fraction of sp³-hybridized carbons (Fsp3) is 0.308. The molecule has 0 unspecified atom stereocenters. The predicted molar refractivity (Wildman–Crippen MR) is 79.0 cm³/mol. The second-order valence-electron chi connectivity index (χ2n) is 4.35. The average molecular weight is 292 g/mol. The molecule has 0 aliphatic carbocycles. The number of benzene rings is 1. The van der Waals surface area contributed by atoms with Gasteiger partial charge >= 0.3 is 6.03 Å². The van der Waals surface area contributed by atoms with Crippen molar-refractivity contribution in [3.8, 4) is 0 Å². The first kappa shape index (κ1) is 14.4. The van der Waals surface area contributed by atoms with E-state index in [0.29, 0.717) is 5.16 Å². The highest BCUT2D eigenvalue weighted by Crippen LogP contribution is 2.23. The van der Waals surface area contributed by atoms with Gasteiger partial charge in [-0.3, -0.25) is 4.79 Å². The highest BCUT2D eigenvalue weighted by atomic mass is 32.2. The molecule has 106 valence electrons. The summed E-state index contributed by atoms with van der Waals surface area (Å²) in [6.45, 7) is 0. The maximum atomic E-state index is 12.0. The van der Waals surface area contributed by atoms with Gasteiger partial charge in [0.2, 0.25) is 5.91 Å². The monoisotopic (exact) mass is 292 g/mol. The fourth-order valence-electron chi connectivity index (χ4n) is 1.66. The molecule has 20 heavy (non-hydrogen) atoms. The van der Waals surface area contributed by atoms with Gasteiger partial charge in [-0.2, -0.15) is 0 Å². The summed E-state index contributed by atoms with van der Waals surface area (Å²) in [6, 6.07) is 7.12. The zero-order valence-electron chi connectivity index (χ0n) is 11.6. The second-order valence-corrected chi connectivity index (χ2v) is 5.29. The first-order valence-corrected chi connectivity index (χ1v) is 7.05. The van der Waals surface area contributed by atoms with Crippen LogP contribution >= 0.6 is 11.8 Å². The number of fused-ring (bicyclic) bond motifs is 1. The Hall–Kier alpha value is -2.02. The second kappa shape index (κ2) is 5.96. The van der Waals surface area contributed by atoms with Crippen LogP contribution in [0.5, 0.6) is 0 Å². The van der Waals surface area contributed by atoms with Crippen LogP contribution in [0.1, 0.15) is 0 Å². The molecule has 6 nitrogen and oxygen atoms in total. The van der Waals surface area contributed by atoms with E-state index in [-0.39, 0.29) is 17.7 Å². The van der Waals surface area contributed by atoms with Crippen LogP contribution in [0.25, 0.3) is 11.0 Å². The number of imidazole rings is 1. The maximum Gasteiger partial charge on any atom is 0.327 e. The van der Waals surface area contributed by atoms with Gasteiger partial charge in [-0.1, -0.05) is 23.9 Å². The van der Waals surface area contributed by atoms with E-state index in [0.717, 1.165) is 11.0 Å². The fourth-order valence-corrected chi connectivity index (χ4v) is 2.65. The van der Waals surface area contributed by atoms with Crippen LogP contribution in [0.4, 0.5) is 4.79 Å². The Morgan fingerprint density at radius 3 is 2.70 bits per heavy atom. The van der Waals surface area contributed by atoms with Crippen LogP contribution in [-0.2, 0) is 4.79 Å². The lowest BCUT2D eigenvalue weighted by Crippen LogP contribution is -2.26. The Bertz CT molecular complexity index is 651. The lowest BCUT2D eigenvalue weighted by atomic mass is 10.3. The van der Waals surface area contributed by atoms with Crippen LogP contribution in [-0.4, -0.2) is 53.3 Å². The molecule has 0 aliphatic rings. The largest absolute Gasteiger partial charge is 0.348 e. The topological polar surface area (TPSA) is 67.2 Å². The number of hydrogen-bond donors (Lipinski definition) is 1. The molecular weight excluding hydrogens is 276 g/mol. The molecule has 1 N–H and O–H groups in total. The lowest BCUT2D eigenvalue weighted by molar-refractivity contribution is -0.125. The first-order chi connectivity index (χ1) is 9.54. The van der Waals surface area contributed by atoms with Crippen LogP contribution < -0.4 is 5.32 Å². The van der Waals surface area contributed by atoms with Gasteiger partial charge in [0.1, 0.15) is 0 Å². The van der Waals surface area contributed by atoms with Gasteiger partial charge in [-0.15, -0.1) is 0 Å². The minimum atomic E-state index is -0.265. The Balaban J connectivity index is 2.36. The number of nitrogens with zero attached hydrogens (tertiary/aromatic N) is 3. The van der Waals surface area contributed by atoms with Crippen LogP contribution in [0, 0.1) is 0 Å². The minimum absolute atomic E-state index is 0.0227. The normalized spacial score (nSPS) is 10.6. The summed E-state index contributed by atoms with van der Waals surface area (Å²) >= 11 is 1.25. The molecule has 1 aromatic carbocycles. The SMILES string of the molecule is CNC(=O)n1c(SCC(=O)N(C)C)nc2ccccc21. The summed E-state index contributed by atoms with van der Waals surface area (Å²) in [6.07, 6.45) is 0. The van der Waals surface area contributed by atoms with Gasteiger partial charge in [0.25, 0.3) is 0 Å². The van der Waals surface area contributed by atoms with E-state index in [2.05, 4.69) is 10.3 Å². The molecule has 2 amide bonds. The van der Waals surface area contributed by atoms with Crippen molar-refractivity contribution < 1.29 is 9.59 Å². The molecule has 0 bridgehead atoms. The summed E-state index contributed by atoms with van der Waals surface area (Å²) in [7, 11) is 4.96. The summed E-state index contributed by atoms with van der Waals surface area (Å²) < 4.78 is 1.49. The van der Waals surface area contributed by atoms with Crippen LogP contribution in [0.2, 0.25) is 0 Å². The van der Waals surface area contributed by atoms with E-state index in [1.165, 1.54) is 21.2 Å². The van der Waals surface area contributed by atoms with E-state index in [1.807, 2.05) is 24.3 Å². The molecule has 1 aromatic heterocycles. The van der Waals surface area contributed by atoms with Gasteiger partial charge in [0.05, 0.1) is 16.8 Å². The number of carbonyl (C=O) groups is 2. The van der Waals surface area contributed by atoms with E-state index >= 15 is 0 Å². The zero-order valence-corrected chi connectivity index (χ0v) is 12.4. The quantitative estimate of drug-likeness (QED) is 0.868. The predicted octanol–water partition coefficient (Wildman–Crippen LogP) is 1.40. The highest BCUT2D eigenvalue weighted by molar-refractivity contribution is 7.99. The lowest BCUT2D eigenvalue weighted by Gasteiger charge is -2.10. The summed E-state index contributed by atoms with van der Waals surface area (Å²) in [5.41, 5.74) is 1.46. The van der Waals surface area contributed by atoms with Crippen molar-refractivity contribution in [3.05, 3.63) is 24.3 Å². The summed E-state index contributed by atoms with van der Waals surface area (Å²) in [4.78, 5) is 29.6. The first-order valence-electron chi connectivity index (χ1n) is 6.07. The third-order valence-corrected chi connectivity index (χ3v) is 3.69. The Morgan fingerprint density at radius 1 is 1.35 bits per heavy atom. The number of para-hydroxylation sites is 2. The number of thioether (sulfide) groups is 1. The number of hydrogen-bond acceptors (Lipinski definition) is 4. The van der Waals surface area contributed by atoms with Crippen molar-refractivity contribution in [2.75, 3.05) is 26.9 Å². The summed E-state index contributed by atoms with van der Waals surface area (Å²) in [5.74, 6) is 0.221. The molecule has 0 spiro atoms. The Kier molecular flexibility index (Phi) is 4.29. The minimum Gasteiger partial charge on any atom is -0.348 e. The van der Waals surface area contributed by atoms with E-state index in [4.69, 9.17) is 0 Å². The summed E-state index contributed by atoms with van der Waals surface area (Å²) in [5, 5.41) is 3.10. The molecular formula is C13H16N4O2S. The van der Waals surface area contributed by atoms with Crippen molar-refractivity contribution in [2.24, 2.45) is 0 Å². The Labute approximate surface area is 121 Å². The average Bonchev–Trinajstić information content (AvgIpc) is 2.82. The molecule has 1 heterocycles. The van der Waals surface area contributed by atoms with E-state index in [9.17, 15) is 9.59 Å². The molecule has 0 atom stereocenters. The third kappa shape index (κ3) is 2.77. The van der Waals surface area contributed by atoms with Gasteiger partial charge < -0.3 is 10.2 Å². The van der Waals surface area contributed by atoms with Crippen molar-refractivity contribution >= 4 is 34.7 Å². The zero-order chi connectivity index (χ0) is 14.7. The number of carbonyl (C=O) groups excluding carboxylic acids is 2. The molecule has 0 aliphatic heterocycles. The van der Waals surface area contributed by atoms with Crippen molar-refractivity contribution in [1.29, 1.82) is 0 Å². The van der Waals surface area contributed by atoms with E-state index < -0.39 is 0 Å². The van der Waals surface area contributed by atoms with E-state index in [1.54, 1.807) is 21.1 Å². The van der Waals surface area contributed by atoms with Crippen molar-refractivity contribution in [3.63, 3.8) is 0 Å². The number of aromatic nitrogens is 2. The standard InChI is InChI=1S/C13H16N4O2S/c1-14-12(19)17-10-7-5-4-6-9(10)15-13(17)20-8-11(18)16(2)3/h4-7H,8H2,1-3H3,(H,14,19). The molecule has 7 heteroatoms. The molecule has 2 rings (SSSR count). The van der Waals surface area contributed by atoms with Gasteiger partial charge in [-0.25, -0.2) is 14.3 Å². The van der Waals surface area contributed by atoms with Gasteiger partial charge in [-0.05, 0) is 12.1 Å². The molecule has 0 saturated carbocycles. The van der Waals surface area contributed by atoms with Crippen LogP contribution in [0.3, 0.4) is 0 Å². The maximum absolute atomic E-state index is 12.0. The van der Waals surface area contributed by atoms with Crippen molar-refractivity contribution in [1.82, 2.24) is 19.8 Å².